The Morgan fingerprint density at radius 3 is 3.14 bits per heavy atom. The Bertz CT molecular complexity index is 314. The molecule has 4 heteroatoms. The van der Waals surface area contributed by atoms with Gasteiger partial charge in [0, 0.05) is 18.3 Å². The zero-order valence-corrected chi connectivity index (χ0v) is 8.12. The molecule has 4 nitrogen and oxygen atoms in total. The van der Waals surface area contributed by atoms with Gasteiger partial charge in [-0.15, -0.1) is 0 Å². The first-order valence-corrected chi connectivity index (χ1v) is 4.89. The van der Waals surface area contributed by atoms with Crippen molar-refractivity contribution in [3.63, 3.8) is 0 Å². The van der Waals surface area contributed by atoms with Gasteiger partial charge in [0.15, 0.2) is 0 Å². The Balaban J connectivity index is 1.98. The van der Waals surface area contributed by atoms with Crippen LogP contribution in [-0.4, -0.2) is 18.1 Å². The van der Waals surface area contributed by atoms with E-state index in [0.717, 1.165) is 18.8 Å². The maximum Gasteiger partial charge on any atom is 0.126 e. The average molecular weight is 193 g/mol. The van der Waals surface area contributed by atoms with Crippen molar-refractivity contribution in [3.05, 3.63) is 23.4 Å². The van der Waals surface area contributed by atoms with Gasteiger partial charge >= 0.3 is 0 Å². The number of nitrogens with zero attached hydrogens (tertiary/aromatic N) is 1. The molecule has 2 heterocycles. The summed E-state index contributed by atoms with van der Waals surface area (Å²) in [5.74, 6) is 0.919. The molecule has 14 heavy (non-hydrogen) atoms. The molecule has 1 aromatic rings. The Morgan fingerprint density at radius 2 is 2.29 bits per heavy atom. The number of fused-ring (bicyclic) bond motifs is 1. The van der Waals surface area contributed by atoms with Gasteiger partial charge in [0.05, 0.1) is 13.2 Å². The summed E-state index contributed by atoms with van der Waals surface area (Å²) in [6, 6.07) is 2.05. The van der Waals surface area contributed by atoms with Gasteiger partial charge in [-0.25, -0.2) is 4.98 Å². The molecule has 0 aromatic carbocycles. The zero-order valence-electron chi connectivity index (χ0n) is 8.12. The topological polar surface area (TPSA) is 60.2 Å². The van der Waals surface area contributed by atoms with Gasteiger partial charge in [-0.2, -0.15) is 0 Å². The average Bonchev–Trinajstić information content (AvgIpc) is 2.65. The Hall–Kier alpha value is -1.13. The normalized spacial score (nSPS) is 14.1. The van der Waals surface area contributed by atoms with Gasteiger partial charge in [-0.05, 0) is 24.6 Å². The third-order valence-electron chi connectivity index (χ3n) is 2.29. The van der Waals surface area contributed by atoms with Crippen molar-refractivity contribution in [2.75, 3.05) is 18.4 Å². The van der Waals surface area contributed by atoms with Crippen LogP contribution in [-0.2, 0) is 18.0 Å². The number of hydrogen-bond donors (Lipinski definition) is 2. The summed E-state index contributed by atoms with van der Waals surface area (Å²) in [5.41, 5.74) is 7.85. The number of pyridine rings is 1. The van der Waals surface area contributed by atoms with Gasteiger partial charge in [-0.1, -0.05) is 0 Å². The lowest BCUT2D eigenvalue weighted by molar-refractivity contribution is 0.134. The third kappa shape index (κ3) is 2.02. The van der Waals surface area contributed by atoms with Gasteiger partial charge in [0.25, 0.3) is 0 Å². The predicted octanol–water partition coefficient (Wildman–Crippen LogP) is 0.872. The van der Waals surface area contributed by atoms with E-state index in [1.807, 2.05) is 6.20 Å². The molecule has 1 aliphatic heterocycles. The predicted molar refractivity (Wildman–Crippen MR) is 54.9 cm³/mol. The van der Waals surface area contributed by atoms with Gasteiger partial charge in [0.2, 0.25) is 0 Å². The highest BCUT2D eigenvalue weighted by Gasteiger charge is 2.11. The Morgan fingerprint density at radius 1 is 1.43 bits per heavy atom. The van der Waals surface area contributed by atoms with Crippen LogP contribution < -0.4 is 11.1 Å². The molecule has 0 fully saturated rings. The monoisotopic (exact) mass is 193 g/mol. The molecule has 0 atom stereocenters. The van der Waals surface area contributed by atoms with E-state index in [9.17, 15) is 0 Å². The Labute approximate surface area is 83.5 Å². The van der Waals surface area contributed by atoms with Gasteiger partial charge < -0.3 is 15.8 Å². The summed E-state index contributed by atoms with van der Waals surface area (Å²) in [4.78, 5) is 4.29. The lowest BCUT2D eigenvalue weighted by Gasteiger charge is -2.05. The van der Waals surface area contributed by atoms with E-state index in [2.05, 4.69) is 16.4 Å². The number of nitrogens with two attached hydrogens (primary N) is 1. The fourth-order valence-corrected chi connectivity index (χ4v) is 1.48. The summed E-state index contributed by atoms with van der Waals surface area (Å²) in [5, 5.41) is 3.23. The molecule has 0 spiro atoms. The van der Waals surface area contributed by atoms with E-state index < -0.39 is 0 Å². The highest BCUT2D eigenvalue weighted by molar-refractivity contribution is 5.41. The molecular weight excluding hydrogens is 178 g/mol. The minimum Gasteiger partial charge on any atom is -0.372 e. The molecule has 0 saturated carbocycles. The number of rotatable bonds is 4. The standard InChI is InChI=1S/C10H15N3O/c11-2-1-3-12-10-4-8-6-14-7-9(8)5-13-10/h4-5H,1-3,6-7,11H2,(H,12,13). The van der Waals surface area contributed by atoms with Crippen LogP contribution in [0.1, 0.15) is 17.5 Å². The minimum atomic E-state index is 0.700. The van der Waals surface area contributed by atoms with E-state index in [0.29, 0.717) is 19.8 Å². The molecule has 1 aromatic heterocycles. The fraction of sp³-hybridized carbons (Fsp3) is 0.500. The van der Waals surface area contributed by atoms with Crippen molar-refractivity contribution >= 4 is 5.82 Å². The maximum atomic E-state index is 5.40. The molecule has 2 rings (SSSR count). The largest absolute Gasteiger partial charge is 0.372 e. The van der Waals surface area contributed by atoms with Crippen molar-refractivity contribution < 1.29 is 4.74 Å². The molecule has 0 aliphatic carbocycles. The molecule has 0 radical (unpaired) electrons. The first-order chi connectivity index (χ1) is 6.90. The van der Waals surface area contributed by atoms with Crippen LogP contribution in [0.4, 0.5) is 5.82 Å². The third-order valence-corrected chi connectivity index (χ3v) is 2.29. The van der Waals surface area contributed by atoms with Gasteiger partial charge in [-0.3, -0.25) is 0 Å². The highest BCUT2D eigenvalue weighted by Crippen LogP contribution is 2.20. The van der Waals surface area contributed by atoms with E-state index in [-0.39, 0.29) is 0 Å². The maximum absolute atomic E-state index is 5.40. The molecule has 3 N–H and O–H groups in total. The van der Waals surface area contributed by atoms with E-state index in [1.165, 1.54) is 11.1 Å². The smallest absolute Gasteiger partial charge is 0.126 e. The van der Waals surface area contributed by atoms with Crippen LogP contribution in [0.2, 0.25) is 0 Å². The lowest BCUT2D eigenvalue weighted by Crippen LogP contribution is -2.09. The molecule has 0 amide bonds. The molecule has 76 valence electrons. The first-order valence-electron chi connectivity index (χ1n) is 4.89. The summed E-state index contributed by atoms with van der Waals surface area (Å²) in [7, 11) is 0. The Kier molecular flexibility index (Phi) is 2.96. The lowest BCUT2D eigenvalue weighted by atomic mass is 10.2. The summed E-state index contributed by atoms with van der Waals surface area (Å²) < 4.78 is 5.31. The molecular formula is C10H15N3O. The van der Waals surface area contributed by atoms with Crippen molar-refractivity contribution in [1.29, 1.82) is 0 Å². The second-order valence-electron chi connectivity index (χ2n) is 3.40. The summed E-state index contributed by atoms with van der Waals surface area (Å²) >= 11 is 0. The SMILES string of the molecule is NCCCNc1cc2c(cn1)COC2. The number of ether oxygens (including phenoxy) is 1. The van der Waals surface area contributed by atoms with Crippen LogP contribution in [0, 0.1) is 0 Å². The summed E-state index contributed by atoms with van der Waals surface area (Å²) in [6.45, 7) is 3.00. The number of hydrogen-bond acceptors (Lipinski definition) is 4. The summed E-state index contributed by atoms with van der Waals surface area (Å²) in [6.07, 6.45) is 2.85. The highest BCUT2D eigenvalue weighted by atomic mass is 16.5. The van der Waals surface area contributed by atoms with Crippen LogP contribution in [0.25, 0.3) is 0 Å². The van der Waals surface area contributed by atoms with Crippen molar-refractivity contribution in [2.24, 2.45) is 5.73 Å². The molecule has 0 saturated heterocycles. The number of anilines is 1. The van der Waals surface area contributed by atoms with Crippen LogP contribution >= 0.6 is 0 Å². The van der Waals surface area contributed by atoms with Gasteiger partial charge in [0.1, 0.15) is 5.82 Å². The molecule has 0 bridgehead atoms. The first kappa shape index (κ1) is 9.43. The number of nitrogens with one attached hydrogen (secondary N) is 1. The minimum absolute atomic E-state index is 0.700. The van der Waals surface area contributed by atoms with E-state index >= 15 is 0 Å². The van der Waals surface area contributed by atoms with E-state index in [4.69, 9.17) is 10.5 Å². The van der Waals surface area contributed by atoms with Crippen molar-refractivity contribution in [2.45, 2.75) is 19.6 Å². The van der Waals surface area contributed by atoms with Crippen LogP contribution in [0.15, 0.2) is 12.3 Å². The molecule has 0 unspecified atom stereocenters. The quantitative estimate of drug-likeness (QED) is 0.697. The second kappa shape index (κ2) is 4.39. The van der Waals surface area contributed by atoms with Crippen LogP contribution in [0.3, 0.4) is 0 Å². The fourth-order valence-electron chi connectivity index (χ4n) is 1.48. The zero-order chi connectivity index (χ0) is 9.80. The van der Waals surface area contributed by atoms with Crippen molar-refractivity contribution in [3.8, 4) is 0 Å². The molecule has 1 aliphatic rings. The second-order valence-corrected chi connectivity index (χ2v) is 3.40. The number of aromatic nitrogens is 1. The van der Waals surface area contributed by atoms with Crippen molar-refractivity contribution in [1.82, 2.24) is 4.98 Å². The van der Waals surface area contributed by atoms with E-state index in [1.54, 1.807) is 0 Å². The van der Waals surface area contributed by atoms with Crippen LogP contribution in [0.5, 0.6) is 0 Å².